The minimum Gasteiger partial charge on any atom is -0.507 e. The molecule has 1 heterocycles. The number of aromatic hydroxyl groups is 1. The van der Waals surface area contributed by atoms with E-state index in [-0.39, 0.29) is 11.5 Å². The third-order valence-corrected chi connectivity index (χ3v) is 6.02. The van der Waals surface area contributed by atoms with Crippen molar-refractivity contribution < 1.29 is 9.90 Å². The lowest BCUT2D eigenvalue weighted by Crippen LogP contribution is -2.38. The van der Waals surface area contributed by atoms with Gasteiger partial charge < -0.3 is 10.0 Å². The van der Waals surface area contributed by atoms with Crippen molar-refractivity contribution in [3.63, 3.8) is 0 Å². The molecule has 1 unspecified atom stereocenters. The number of para-hydroxylation sites is 1. The second-order valence-electron chi connectivity index (χ2n) is 7.98. The average molecular weight is 373 g/mol. The van der Waals surface area contributed by atoms with Crippen molar-refractivity contribution in [2.75, 3.05) is 18.0 Å². The minimum atomic E-state index is -0.595. The van der Waals surface area contributed by atoms with Gasteiger partial charge in [0.1, 0.15) is 5.75 Å². The van der Waals surface area contributed by atoms with Gasteiger partial charge in [0.15, 0.2) is 5.78 Å². The lowest BCUT2D eigenvalue weighted by atomic mass is 9.77. The number of fused-ring (bicyclic) bond motifs is 2. The molecule has 1 N–H and O–H groups in total. The van der Waals surface area contributed by atoms with Crippen LogP contribution in [0, 0.1) is 0 Å². The van der Waals surface area contributed by atoms with E-state index in [1.807, 2.05) is 30.3 Å². The number of phenolic OH excluding ortho intramolecular Hbond substituents is 1. The number of Topliss-reactive ketones (excluding diaryl/α,β-unsaturated/α-hetero) is 1. The third kappa shape index (κ3) is 2.95. The molecular weight excluding hydrogens is 346 g/mol. The summed E-state index contributed by atoms with van der Waals surface area (Å²) in [6, 6.07) is 19.3. The van der Waals surface area contributed by atoms with Crippen LogP contribution in [0.3, 0.4) is 0 Å². The van der Waals surface area contributed by atoms with E-state index in [0.717, 1.165) is 29.3 Å². The van der Waals surface area contributed by atoms with Gasteiger partial charge >= 0.3 is 0 Å². The molecule has 4 rings (SSSR count). The Bertz CT molecular complexity index is 1030. The van der Waals surface area contributed by atoms with Gasteiger partial charge in [-0.15, -0.1) is 0 Å². The van der Waals surface area contributed by atoms with E-state index in [9.17, 15) is 9.90 Å². The molecule has 0 fully saturated rings. The topological polar surface area (TPSA) is 40.5 Å². The Morgan fingerprint density at radius 1 is 1.00 bits per heavy atom. The van der Waals surface area contributed by atoms with E-state index >= 15 is 0 Å². The molecule has 0 saturated carbocycles. The summed E-state index contributed by atoms with van der Waals surface area (Å²) in [5.74, 6) is 0.333. The number of ketones is 1. The normalized spacial score (nSPS) is 18.4. The number of carbonyl (C=O) groups excluding carboxylic acids is 1. The summed E-state index contributed by atoms with van der Waals surface area (Å²) in [7, 11) is 0. The first-order chi connectivity index (χ1) is 13.6. The molecule has 0 amide bonds. The quantitative estimate of drug-likeness (QED) is 0.445. The van der Waals surface area contributed by atoms with Crippen molar-refractivity contribution in [1.82, 2.24) is 0 Å². The second-order valence-corrected chi connectivity index (χ2v) is 7.98. The van der Waals surface area contributed by atoms with Gasteiger partial charge in [-0.1, -0.05) is 62.2 Å². The Kier molecular flexibility index (Phi) is 4.84. The standard InChI is InChI=1S/C25H27NO2/c1-3-4-9-16-26-17-25(2,21-12-7-8-13-22(21)26)24(28)20-14-15-23(27)19-11-6-5-10-18(19)20/h5-8,10-15,27H,3-4,9,16-17H2,1-2H3. The Balaban J connectivity index is 1.77. The minimum absolute atomic E-state index is 0.120. The summed E-state index contributed by atoms with van der Waals surface area (Å²) in [4.78, 5) is 16.2. The van der Waals surface area contributed by atoms with Gasteiger partial charge in [-0.2, -0.15) is 0 Å². The Labute approximate surface area is 166 Å². The molecule has 1 aliphatic rings. The first-order valence-corrected chi connectivity index (χ1v) is 10.2. The summed E-state index contributed by atoms with van der Waals surface area (Å²) in [5, 5.41) is 11.7. The fourth-order valence-electron chi connectivity index (χ4n) is 4.49. The number of unbranched alkanes of at least 4 members (excludes halogenated alkanes) is 2. The molecule has 1 atom stereocenters. The van der Waals surface area contributed by atoms with Crippen LogP contribution in [-0.2, 0) is 5.41 Å². The van der Waals surface area contributed by atoms with E-state index in [2.05, 4.69) is 36.9 Å². The number of carbonyl (C=O) groups is 1. The largest absolute Gasteiger partial charge is 0.507 e. The zero-order chi connectivity index (χ0) is 19.7. The van der Waals surface area contributed by atoms with Crippen molar-refractivity contribution in [3.8, 4) is 5.75 Å². The lowest BCUT2D eigenvalue weighted by Gasteiger charge is -2.26. The van der Waals surface area contributed by atoms with Crippen LogP contribution >= 0.6 is 0 Å². The second kappa shape index (κ2) is 7.31. The molecule has 0 spiro atoms. The smallest absolute Gasteiger partial charge is 0.175 e. The van der Waals surface area contributed by atoms with Crippen LogP contribution in [0.5, 0.6) is 5.75 Å². The predicted octanol–water partition coefficient (Wildman–Crippen LogP) is 5.70. The van der Waals surface area contributed by atoms with Gasteiger partial charge in [0, 0.05) is 29.7 Å². The number of rotatable bonds is 6. The zero-order valence-electron chi connectivity index (χ0n) is 16.6. The van der Waals surface area contributed by atoms with Crippen LogP contribution < -0.4 is 4.90 Å². The monoisotopic (exact) mass is 373 g/mol. The summed E-state index contributed by atoms with van der Waals surface area (Å²) in [5.41, 5.74) is 2.37. The highest BCUT2D eigenvalue weighted by Gasteiger charge is 2.45. The number of anilines is 1. The van der Waals surface area contributed by atoms with Crippen LogP contribution in [-0.4, -0.2) is 24.0 Å². The van der Waals surface area contributed by atoms with Crippen LogP contribution in [0.1, 0.15) is 49.0 Å². The SMILES string of the molecule is CCCCCN1CC(C)(C(=O)c2ccc(O)c3ccccc23)c2ccccc21. The van der Waals surface area contributed by atoms with Crippen molar-refractivity contribution >= 4 is 22.2 Å². The van der Waals surface area contributed by atoms with E-state index in [1.165, 1.54) is 18.5 Å². The van der Waals surface area contributed by atoms with Crippen LogP contribution in [0.15, 0.2) is 60.7 Å². The first kappa shape index (κ1) is 18.5. The Morgan fingerprint density at radius 2 is 1.71 bits per heavy atom. The highest BCUT2D eigenvalue weighted by molar-refractivity contribution is 6.15. The van der Waals surface area contributed by atoms with Crippen molar-refractivity contribution in [1.29, 1.82) is 0 Å². The molecule has 28 heavy (non-hydrogen) atoms. The highest BCUT2D eigenvalue weighted by Crippen LogP contribution is 2.44. The maximum Gasteiger partial charge on any atom is 0.175 e. The lowest BCUT2D eigenvalue weighted by molar-refractivity contribution is 0.0908. The van der Waals surface area contributed by atoms with Crippen molar-refractivity contribution in [2.24, 2.45) is 0 Å². The number of phenols is 1. The van der Waals surface area contributed by atoms with E-state index < -0.39 is 5.41 Å². The summed E-state index contributed by atoms with van der Waals surface area (Å²) in [6.45, 7) is 5.95. The summed E-state index contributed by atoms with van der Waals surface area (Å²) in [6.07, 6.45) is 3.52. The van der Waals surface area contributed by atoms with Gasteiger partial charge in [0.2, 0.25) is 0 Å². The predicted molar refractivity (Wildman–Crippen MR) is 115 cm³/mol. The van der Waals surface area contributed by atoms with Crippen LogP contribution in [0.2, 0.25) is 0 Å². The van der Waals surface area contributed by atoms with Gasteiger partial charge in [-0.3, -0.25) is 4.79 Å². The van der Waals surface area contributed by atoms with Gasteiger partial charge in [-0.05, 0) is 42.5 Å². The number of hydrogen-bond acceptors (Lipinski definition) is 3. The average Bonchev–Trinajstić information content (AvgIpc) is 3.02. The van der Waals surface area contributed by atoms with Gasteiger partial charge in [0.05, 0.1) is 5.41 Å². The Hall–Kier alpha value is -2.81. The molecule has 0 radical (unpaired) electrons. The molecule has 3 nitrogen and oxygen atoms in total. The van der Waals surface area contributed by atoms with E-state index in [4.69, 9.17) is 0 Å². The summed E-state index contributed by atoms with van der Waals surface area (Å²) < 4.78 is 0. The molecule has 0 bridgehead atoms. The number of nitrogens with zero attached hydrogens (tertiary/aromatic N) is 1. The fourth-order valence-corrected chi connectivity index (χ4v) is 4.49. The molecule has 0 aliphatic carbocycles. The third-order valence-electron chi connectivity index (χ3n) is 6.02. The molecule has 3 heteroatoms. The summed E-state index contributed by atoms with van der Waals surface area (Å²) >= 11 is 0. The fraction of sp³-hybridized carbons (Fsp3) is 0.320. The van der Waals surface area contributed by atoms with Crippen molar-refractivity contribution in [2.45, 2.75) is 38.5 Å². The zero-order valence-corrected chi connectivity index (χ0v) is 16.6. The van der Waals surface area contributed by atoms with Crippen LogP contribution in [0.4, 0.5) is 5.69 Å². The molecule has 1 aliphatic heterocycles. The maximum atomic E-state index is 13.8. The molecule has 144 valence electrons. The van der Waals surface area contributed by atoms with Gasteiger partial charge in [-0.25, -0.2) is 0 Å². The molecule has 3 aromatic rings. The molecule has 0 saturated heterocycles. The van der Waals surface area contributed by atoms with Gasteiger partial charge in [0.25, 0.3) is 0 Å². The molecular formula is C25H27NO2. The van der Waals surface area contributed by atoms with Crippen molar-refractivity contribution in [3.05, 3.63) is 71.8 Å². The highest BCUT2D eigenvalue weighted by atomic mass is 16.3. The first-order valence-electron chi connectivity index (χ1n) is 10.2. The molecule has 3 aromatic carbocycles. The van der Waals surface area contributed by atoms with E-state index in [0.29, 0.717) is 12.1 Å². The van der Waals surface area contributed by atoms with E-state index in [1.54, 1.807) is 12.1 Å². The number of hydrogen-bond donors (Lipinski definition) is 1. The number of benzene rings is 3. The maximum absolute atomic E-state index is 13.8. The van der Waals surface area contributed by atoms with Crippen LogP contribution in [0.25, 0.3) is 10.8 Å². The molecule has 0 aromatic heterocycles. The Morgan fingerprint density at radius 3 is 2.50 bits per heavy atom.